The van der Waals surface area contributed by atoms with Gasteiger partial charge in [0.1, 0.15) is 5.75 Å². The van der Waals surface area contributed by atoms with Gasteiger partial charge in [0.2, 0.25) is 0 Å². The van der Waals surface area contributed by atoms with Crippen molar-refractivity contribution in [3.8, 4) is 5.75 Å². The molecule has 1 amide bonds. The zero-order valence-corrected chi connectivity index (χ0v) is 16.0. The van der Waals surface area contributed by atoms with Crippen molar-refractivity contribution < 1.29 is 9.53 Å². The molecule has 0 saturated carbocycles. The summed E-state index contributed by atoms with van der Waals surface area (Å²) in [6.07, 6.45) is 5.49. The number of rotatable bonds is 7. The minimum Gasteiger partial charge on any atom is -0.497 e. The molecule has 0 atom stereocenters. The summed E-state index contributed by atoms with van der Waals surface area (Å²) in [5, 5.41) is 7.37. The van der Waals surface area contributed by atoms with Crippen molar-refractivity contribution in [1.82, 2.24) is 20.1 Å². The molecule has 0 saturated heterocycles. The number of ether oxygens (including phenoxy) is 1. The maximum absolute atomic E-state index is 13.3. The Morgan fingerprint density at radius 3 is 2.79 bits per heavy atom. The molecule has 2 heterocycles. The lowest BCUT2D eigenvalue weighted by Crippen LogP contribution is -2.33. The molecular weight excluding hydrogens is 352 g/mol. The number of aromatic amines is 1. The Kier molecular flexibility index (Phi) is 5.37. The van der Waals surface area contributed by atoms with Crippen molar-refractivity contribution in [3.63, 3.8) is 0 Å². The molecule has 0 aliphatic heterocycles. The van der Waals surface area contributed by atoms with Crippen LogP contribution in [0.3, 0.4) is 0 Å². The second kappa shape index (κ2) is 8.25. The van der Waals surface area contributed by atoms with E-state index >= 15 is 0 Å². The Bertz CT molecular complexity index is 935. The van der Waals surface area contributed by atoms with E-state index in [1.807, 2.05) is 47.4 Å². The number of fused-ring (bicyclic) bond motifs is 1. The number of nitrogens with zero attached hydrogens (tertiary/aromatic N) is 3. The number of nitrogens with one attached hydrogen (secondary N) is 1. The maximum Gasteiger partial charge on any atom is 0.275 e. The van der Waals surface area contributed by atoms with E-state index in [0.29, 0.717) is 18.8 Å². The summed E-state index contributed by atoms with van der Waals surface area (Å²) in [4.78, 5) is 19.5. The standard InChI is InChI=1S/C22H24N4O2/c1-28-18-10-8-16(9-11-18)12-14-26(15-17-5-2-3-13-23-17)22(27)21-19-6-4-7-20(19)24-25-21/h2-3,5,8-11,13H,4,6-7,12,14-15H2,1H3,(H,24,25). The number of benzene rings is 1. The summed E-state index contributed by atoms with van der Waals surface area (Å²) in [7, 11) is 1.66. The van der Waals surface area contributed by atoms with Gasteiger partial charge >= 0.3 is 0 Å². The first kappa shape index (κ1) is 18.2. The third-order valence-corrected chi connectivity index (χ3v) is 5.20. The first-order valence-corrected chi connectivity index (χ1v) is 9.63. The lowest BCUT2D eigenvalue weighted by Gasteiger charge is -2.22. The molecule has 28 heavy (non-hydrogen) atoms. The van der Waals surface area contributed by atoms with Crippen LogP contribution in [0.4, 0.5) is 0 Å². The normalized spacial score (nSPS) is 12.6. The summed E-state index contributed by atoms with van der Waals surface area (Å²) in [5.74, 6) is 0.802. The van der Waals surface area contributed by atoms with Crippen LogP contribution >= 0.6 is 0 Å². The Balaban J connectivity index is 1.53. The zero-order chi connectivity index (χ0) is 19.3. The van der Waals surface area contributed by atoms with Crippen LogP contribution in [0.5, 0.6) is 5.75 Å². The Morgan fingerprint density at radius 1 is 1.18 bits per heavy atom. The predicted molar refractivity (Wildman–Crippen MR) is 106 cm³/mol. The average Bonchev–Trinajstić information content (AvgIpc) is 3.36. The highest BCUT2D eigenvalue weighted by molar-refractivity contribution is 5.94. The fraction of sp³-hybridized carbons (Fsp3) is 0.318. The van der Waals surface area contributed by atoms with Crippen LogP contribution in [-0.2, 0) is 25.8 Å². The van der Waals surface area contributed by atoms with Crippen molar-refractivity contribution in [2.75, 3.05) is 13.7 Å². The number of amides is 1. The molecule has 0 fully saturated rings. The molecule has 2 aromatic heterocycles. The van der Waals surface area contributed by atoms with E-state index in [4.69, 9.17) is 4.74 Å². The number of hydrogen-bond acceptors (Lipinski definition) is 4. The van der Waals surface area contributed by atoms with Gasteiger partial charge in [-0.1, -0.05) is 18.2 Å². The first-order chi connectivity index (χ1) is 13.7. The van der Waals surface area contributed by atoms with Gasteiger partial charge in [0.05, 0.1) is 19.3 Å². The van der Waals surface area contributed by atoms with Crippen molar-refractivity contribution >= 4 is 5.91 Å². The second-order valence-corrected chi connectivity index (χ2v) is 7.03. The molecule has 0 bridgehead atoms. The number of aromatic nitrogens is 3. The third kappa shape index (κ3) is 3.91. The SMILES string of the molecule is COc1ccc(CCN(Cc2ccccn2)C(=O)c2n[nH]c3c2CCC3)cc1. The number of pyridine rings is 1. The highest BCUT2D eigenvalue weighted by atomic mass is 16.5. The number of aryl methyl sites for hydroxylation is 1. The molecule has 0 unspecified atom stereocenters. The van der Waals surface area contributed by atoms with Crippen LogP contribution < -0.4 is 4.74 Å². The van der Waals surface area contributed by atoms with Crippen LogP contribution in [-0.4, -0.2) is 39.6 Å². The van der Waals surface area contributed by atoms with E-state index in [9.17, 15) is 4.79 Å². The molecule has 6 nitrogen and oxygen atoms in total. The van der Waals surface area contributed by atoms with Gasteiger partial charge in [-0.05, 0) is 55.5 Å². The molecule has 3 aromatic rings. The smallest absolute Gasteiger partial charge is 0.275 e. The van der Waals surface area contributed by atoms with Crippen molar-refractivity contribution in [2.45, 2.75) is 32.2 Å². The highest BCUT2D eigenvalue weighted by Crippen LogP contribution is 2.24. The van der Waals surface area contributed by atoms with Gasteiger partial charge in [-0.3, -0.25) is 14.9 Å². The Labute approximate surface area is 164 Å². The van der Waals surface area contributed by atoms with Crippen molar-refractivity contribution in [3.05, 3.63) is 76.9 Å². The van der Waals surface area contributed by atoms with Gasteiger partial charge < -0.3 is 9.64 Å². The van der Waals surface area contributed by atoms with Crippen LogP contribution in [0.15, 0.2) is 48.7 Å². The molecule has 0 radical (unpaired) electrons. The fourth-order valence-corrected chi connectivity index (χ4v) is 3.64. The number of hydrogen-bond donors (Lipinski definition) is 1. The van der Waals surface area contributed by atoms with Gasteiger partial charge in [0, 0.05) is 24.0 Å². The Hall–Kier alpha value is -3.15. The summed E-state index contributed by atoms with van der Waals surface area (Å²) in [5.41, 5.74) is 4.79. The molecule has 144 valence electrons. The monoisotopic (exact) mass is 376 g/mol. The van der Waals surface area contributed by atoms with Gasteiger partial charge in [0.25, 0.3) is 5.91 Å². The quantitative estimate of drug-likeness (QED) is 0.687. The minimum absolute atomic E-state index is 0.0291. The number of methoxy groups -OCH3 is 1. The lowest BCUT2D eigenvalue weighted by molar-refractivity contribution is 0.0736. The maximum atomic E-state index is 13.3. The highest BCUT2D eigenvalue weighted by Gasteiger charge is 2.26. The number of carbonyl (C=O) groups is 1. The van der Waals surface area contributed by atoms with Gasteiger partial charge in [-0.15, -0.1) is 0 Å². The number of H-pyrrole nitrogens is 1. The van der Waals surface area contributed by atoms with Gasteiger partial charge in [0.15, 0.2) is 5.69 Å². The van der Waals surface area contributed by atoms with Crippen LogP contribution in [0, 0.1) is 0 Å². The van der Waals surface area contributed by atoms with Crippen LogP contribution in [0.25, 0.3) is 0 Å². The molecular formula is C22H24N4O2. The predicted octanol–water partition coefficient (Wildman–Crippen LogP) is 3.19. The van der Waals surface area contributed by atoms with Gasteiger partial charge in [-0.2, -0.15) is 5.10 Å². The van der Waals surface area contributed by atoms with E-state index in [1.54, 1.807) is 13.3 Å². The molecule has 1 aromatic carbocycles. The lowest BCUT2D eigenvalue weighted by atomic mass is 10.1. The molecule has 0 spiro atoms. The molecule has 1 N–H and O–H groups in total. The Morgan fingerprint density at radius 2 is 2.04 bits per heavy atom. The van der Waals surface area contributed by atoms with E-state index in [0.717, 1.165) is 53.9 Å². The largest absolute Gasteiger partial charge is 0.497 e. The molecule has 4 rings (SSSR count). The van der Waals surface area contributed by atoms with E-state index in [-0.39, 0.29) is 5.91 Å². The first-order valence-electron chi connectivity index (χ1n) is 9.63. The fourth-order valence-electron chi connectivity index (χ4n) is 3.64. The third-order valence-electron chi connectivity index (χ3n) is 5.20. The second-order valence-electron chi connectivity index (χ2n) is 7.03. The van der Waals surface area contributed by atoms with Crippen LogP contribution in [0.1, 0.15) is 39.4 Å². The summed E-state index contributed by atoms with van der Waals surface area (Å²) in [6.45, 7) is 1.07. The average molecular weight is 376 g/mol. The topological polar surface area (TPSA) is 71.1 Å². The summed E-state index contributed by atoms with van der Waals surface area (Å²) >= 11 is 0. The molecule has 6 heteroatoms. The molecule has 1 aliphatic carbocycles. The number of carbonyl (C=O) groups excluding carboxylic acids is 1. The van der Waals surface area contributed by atoms with E-state index in [2.05, 4.69) is 15.2 Å². The van der Waals surface area contributed by atoms with Crippen LogP contribution in [0.2, 0.25) is 0 Å². The molecule has 1 aliphatic rings. The zero-order valence-electron chi connectivity index (χ0n) is 16.0. The summed E-state index contributed by atoms with van der Waals surface area (Å²) < 4.78 is 5.22. The minimum atomic E-state index is -0.0291. The van der Waals surface area contributed by atoms with Crippen molar-refractivity contribution in [1.29, 1.82) is 0 Å². The van der Waals surface area contributed by atoms with Gasteiger partial charge in [-0.25, -0.2) is 0 Å². The van der Waals surface area contributed by atoms with Crippen molar-refractivity contribution in [2.24, 2.45) is 0 Å². The van der Waals surface area contributed by atoms with E-state index in [1.165, 1.54) is 0 Å². The summed E-state index contributed by atoms with van der Waals surface area (Å²) in [6, 6.07) is 13.7. The van der Waals surface area contributed by atoms with E-state index < -0.39 is 0 Å².